The topological polar surface area (TPSA) is 40.6 Å². The van der Waals surface area contributed by atoms with E-state index < -0.39 is 0 Å². The van der Waals surface area contributed by atoms with Crippen molar-refractivity contribution in [2.45, 2.75) is 58.5 Å². The van der Waals surface area contributed by atoms with Crippen LogP contribution in [-0.2, 0) is 4.79 Å². The summed E-state index contributed by atoms with van der Waals surface area (Å²) in [6, 6.07) is 6.21. The van der Waals surface area contributed by atoms with Crippen LogP contribution in [0.4, 0.5) is 10.5 Å². The lowest BCUT2D eigenvalue weighted by Crippen LogP contribution is -2.45. The molecule has 3 rings (SSSR count). The third-order valence-corrected chi connectivity index (χ3v) is 6.18. The molecule has 2 amide bonds. The Kier molecular flexibility index (Phi) is 4.48. The van der Waals surface area contributed by atoms with Crippen molar-refractivity contribution in [3.8, 4) is 0 Å². The van der Waals surface area contributed by atoms with E-state index >= 15 is 0 Å². The van der Waals surface area contributed by atoms with Crippen LogP contribution in [0, 0.1) is 0 Å². The van der Waals surface area contributed by atoms with Crippen molar-refractivity contribution in [3.63, 3.8) is 0 Å². The Morgan fingerprint density at radius 3 is 2.56 bits per heavy atom. The van der Waals surface area contributed by atoms with E-state index in [1.54, 1.807) is 0 Å². The second-order valence-corrected chi connectivity index (χ2v) is 8.93. The highest BCUT2D eigenvalue weighted by molar-refractivity contribution is 8.18. The molecule has 1 fully saturated rings. The molecule has 2 aliphatic rings. The molecule has 0 N–H and O–H groups in total. The van der Waals surface area contributed by atoms with Crippen LogP contribution in [0.1, 0.15) is 58.1 Å². The average Bonchev–Trinajstić information content (AvgIpc) is 2.79. The van der Waals surface area contributed by atoms with Gasteiger partial charge in [-0.15, -0.1) is 0 Å². The van der Waals surface area contributed by atoms with Crippen LogP contribution in [0.25, 0.3) is 6.08 Å². The summed E-state index contributed by atoms with van der Waals surface area (Å²) in [5, 5.41) is -0.181. The molecule has 4 nitrogen and oxygen atoms in total. The molecule has 1 aromatic rings. The molecule has 0 aliphatic carbocycles. The van der Waals surface area contributed by atoms with Crippen molar-refractivity contribution in [1.29, 1.82) is 0 Å². The standard InChI is InChI=1S/C20H26N2O2S/c1-12(2)22-18(23)17(25-19(22)24)10-14-7-8-16-15(9-14)13(3)11-20(4,5)21(16)6/h7-10,12-13H,11H2,1-6H3/b17-10-. The third kappa shape index (κ3) is 3.10. The zero-order valence-electron chi connectivity index (χ0n) is 15.8. The number of imide groups is 1. The fraction of sp³-hybridized carbons (Fsp3) is 0.500. The molecule has 1 atom stereocenters. The third-order valence-electron chi connectivity index (χ3n) is 5.30. The first-order chi connectivity index (χ1) is 11.6. The minimum absolute atomic E-state index is 0.113. The van der Waals surface area contributed by atoms with Gasteiger partial charge in [0.15, 0.2) is 0 Å². The number of hydrogen-bond acceptors (Lipinski definition) is 4. The second kappa shape index (κ2) is 6.20. The van der Waals surface area contributed by atoms with E-state index in [2.05, 4.69) is 44.9 Å². The van der Waals surface area contributed by atoms with Gasteiger partial charge in [0.2, 0.25) is 0 Å². The molecule has 5 heteroatoms. The summed E-state index contributed by atoms with van der Waals surface area (Å²) in [6.45, 7) is 10.5. The van der Waals surface area contributed by atoms with E-state index in [0.717, 1.165) is 23.7 Å². The second-order valence-electron chi connectivity index (χ2n) is 7.94. The van der Waals surface area contributed by atoms with Gasteiger partial charge in [-0.1, -0.05) is 13.0 Å². The highest BCUT2D eigenvalue weighted by atomic mass is 32.2. The van der Waals surface area contributed by atoms with Gasteiger partial charge in [-0.2, -0.15) is 0 Å². The molecule has 0 saturated carbocycles. The maximum absolute atomic E-state index is 12.5. The summed E-state index contributed by atoms with van der Waals surface area (Å²) >= 11 is 1.03. The van der Waals surface area contributed by atoms with Gasteiger partial charge in [0.25, 0.3) is 11.1 Å². The number of anilines is 1. The molecule has 1 aromatic carbocycles. The lowest BCUT2D eigenvalue weighted by Gasteiger charge is -2.45. The molecule has 0 spiro atoms. The van der Waals surface area contributed by atoms with E-state index in [1.165, 1.54) is 16.2 Å². The Labute approximate surface area is 154 Å². The van der Waals surface area contributed by atoms with Crippen LogP contribution in [0.5, 0.6) is 0 Å². The van der Waals surface area contributed by atoms with Gasteiger partial charge in [-0.05, 0) is 81.1 Å². The summed E-state index contributed by atoms with van der Waals surface area (Å²) in [6.07, 6.45) is 2.93. The van der Waals surface area contributed by atoms with Crippen molar-refractivity contribution >= 4 is 34.7 Å². The summed E-state index contributed by atoms with van der Waals surface area (Å²) in [4.78, 5) is 28.7. The van der Waals surface area contributed by atoms with Gasteiger partial charge < -0.3 is 4.90 Å². The van der Waals surface area contributed by atoms with E-state index in [1.807, 2.05) is 26.0 Å². The molecule has 0 bridgehead atoms. The molecule has 25 heavy (non-hydrogen) atoms. The summed E-state index contributed by atoms with van der Waals surface area (Å²) in [7, 11) is 2.14. The van der Waals surface area contributed by atoms with Crippen molar-refractivity contribution in [1.82, 2.24) is 4.90 Å². The highest BCUT2D eigenvalue weighted by Crippen LogP contribution is 2.43. The average molecular weight is 359 g/mol. The van der Waals surface area contributed by atoms with Gasteiger partial charge >= 0.3 is 0 Å². The first-order valence-corrected chi connectivity index (χ1v) is 9.58. The number of thioether (sulfide) groups is 1. The van der Waals surface area contributed by atoms with Crippen molar-refractivity contribution < 1.29 is 9.59 Å². The van der Waals surface area contributed by atoms with Gasteiger partial charge in [0.05, 0.1) is 4.91 Å². The number of rotatable bonds is 2. The molecule has 0 aromatic heterocycles. The van der Waals surface area contributed by atoms with Crippen LogP contribution < -0.4 is 4.90 Å². The fourth-order valence-electron chi connectivity index (χ4n) is 3.76. The first kappa shape index (κ1) is 18.1. The molecule has 2 aliphatic heterocycles. The normalized spacial score (nSPS) is 24.4. The maximum atomic E-state index is 12.5. The minimum Gasteiger partial charge on any atom is -0.369 e. The lowest BCUT2D eigenvalue weighted by molar-refractivity contribution is -0.123. The Bertz CT molecular complexity index is 767. The molecular weight excluding hydrogens is 332 g/mol. The van der Waals surface area contributed by atoms with Gasteiger partial charge in [-0.3, -0.25) is 14.5 Å². The minimum atomic E-state index is -0.186. The molecule has 1 saturated heterocycles. The Balaban J connectivity index is 1.95. The molecule has 0 radical (unpaired) electrons. The van der Waals surface area contributed by atoms with Crippen LogP contribution in [0.2, 0.25) is 0 Å². The Morgan fingerprint density at radius 2 is 1.96 bits per heavy atom. The number of amides is 2. The van der Waals surface area contributed by atoms with Crippen LogP contribution >= 0.6 is 11.8 Å². The van der Waals surface area contributed by atoms with Gasteiger partial charge in [-0.25, -0.2) is 0 Å². The molecule has 1 unspecified atom stereocenters. The highest BCUT2D eigenvalue weighted by Gasteiger charge is 2.37. The first-order valence-electron chi connectivity index (χ1n) is 8.76. The van der Waals surface area contributed by atoms with Crippen LogP contribution in [-0.4, -0.2) is 34.7 Å². The van der Waals surface area contributed by atoms with Gasteiger partial charge in [0.1, 0.15) is 0 Å². The Morgan fingerprint density at radius 1 is 1.28 bits per heavy atom. The fourth-order valence-corrected chi connectivity index (χ4v) is 4.72. The van der Waals surface area contributed by atoms with Gasteiger partial charge in [0, 0.05) is 24.3 Å². The number of hydrogen-bond donors (Lipinski definition) is 0. The molecule has 134 valence electrons. The van der Waals surface area contributed by atoms with E-state index in [9.17, 15) is 9.59 Å². The smallest absolute Gasteiger partial charge is 0.293 e. The predicted octanol–water partition coefficient (Wildman–Crippen LogP) is 4.85. The number of fused-ring (bicyclic) bond motifs is 1. The Hall–Kier alpha value is -1.75. The van der Waals surface area contributed by atoms with Crippen molar-refractivity contribution in [2.75, 3.05) is 11.9 Å². The van der Waals surface area contributed by atoms with Crippen LogP contribution in [0.3, 0.4) is 0 Å². The quantitative estimate of drug-likeness (QED) is 0.708. The van der Waals surface area contributed by atoms with Crippen molar-refractivity contribution in [3.05, 3.63) is 34.2 Å². The van der Waals surface area contributed by atoms with Crippen LogP contribution in [0.15, 0.2) is 23.1 Å². The number of nitrogens with zero attached hydrogens (tertiary/aromatic N) is 2. The lowest BCUT2D eigenvalue weighted by atomic mass is 9.80. The number of carbonyl (C=O) groups excluding carboxylic acids is 2. The summed E-state index contributed by atoms with van der Waals surface area (Å²) < 4.78 is 0. The SMILES string of the molecule is CC1CC(C)(C)N(C)c2ccc(/C=C3\SC(=O)N(C(C)C)C3=O)cc21. The molecule has 2 heterocycles. The summed E-state index contributed by atoms with van der Waals surface area (Å²) in [5.41, 5.74) is 3.66. The predicted molar refractivity (Wildman–Crippen MR) is 105 cm³/mol. The molecular formula is C20H26N2O2S. The zero-order valence-corrected chi connectivity index (χ0v) is 16.6. The van der Waals surface area contributed by atoms with E-state index in [-0.39, 0.29) is 22.7 Å². The zero-order chi connectivity index (χ0) is 18.5. The maximum Gasteiger partial charge on any atom is 0.293 e. The largest absolute Gasteiger partial charge is 0.369 e. The monoisotopic (exact) mass is 358 g/mol. The van der Waals surface area contributed by atoms with E-state index in [4.69, 9.17) is 0 Å². The summed E-state index contributed by atoms with van der Waals surface area (Å²) in [5.74, 6) is 0.272. The number of carbonyl (C=O) groups is 2. The van der Waals surface area contributed by atoms with Crippen molar-refractivity contribution in [2.24, 2.45) is 0 Å². The number of benzene rings is 1. The van der Waals surface area contributed by atoms with E-state index in [0.29, 0.717) is 10.8 Å².